The molecule has 12 heavy (non-hydrogen) atoms. The third kappa shape index (κ3) is 2.32. The lowest BCUT2D eigenvalue weighted by atomic mass is 10.2. The molecule has 0 saturated heterocycles. The highest BCUT2D eigenvalue weighted by Crippen LogP contribution is 2.06. The number of aryl methyl sites for hydroxylation is 1. The minimum absolute atomic E-state index is 0.0150. The van der Waals surface area contributed by atoms with Gasteiger partial charge >= 0.3 is 0 Å². The Morgan fingerprint density at radius 3 is 2.75 bits per heavy atom. The van der Waals surface area contributed by atoms with Crippen LogP contribution in [0.3, 0.4) is 0 Å². The molecule has 0 aliphatic carbocycles. The molecule has 0 spiro atoms. The lowest BCUT2D eigenvalue weighted by Crippen LogP contribution is -2.26. The summed E-state index contributed by atoms with van der Waals surface area (Å²) in [6, 6.07) is 1.97. The quantitative estimate of drug-likeness (QED) is 0.690. The minimum atomic E-state index is 0.0150. The second-order valence-corrected chi connectivity index (χ2v) is 3.28. The number of hydrogen-bond acceptors (Lipinski definition) is 3. The average Bonchev–Trinajstić information content (AvgIpc) is 2.34. The van der Waals surface area contributed by atoms with Crippen molar-refractivity contribution < 1.29 is 0 Å². The van der Waals surface area contributed by atoms with Gasteiger partial charge in [0.1, 0.15) is 0 Å². The van der Waals surface area contributed by atoms with E-state index in [9.17, 15) is 0 Å². The summed E-state index contributed by atoms with van der Waals surface area (Å²) in [5.74, 6) is 0. The Bertz CT molecular complexity index is 241. The van der Waals surface area contributed by atoms with E-state index in [4.69, 9.17) is 5.73 Å². The zero-order valence-corrected chi connectivity index (χ0v) is 7.86. The summed E-state index contributed by atoms with van der Waals surface area (Å²) in [6.07, 6.45) is 1.91. The summed E-state index contributed by atoms with van der Waals surface area (Å²) < 4.78 is 1.77. The van der Waals surface area contributed by atoms with Crippen molar-refractivity contribution in [1.29, 1.82) is 0 Å². The third-order valence-corrected chi connectivity index (χ3v) is 1.68. The molecule has 0 fully saturated rings. The molecule has 0 bridgehead atoms. The maximum atomic E-state index is 5.89. The van der Waals surface area contributed by atoms with E-state index in [1.807, 2.05) is 33.4 Å². The van der Waals surface area contributed by atoms with Crippen molar-refractivity contribution in [2.45, 2.75) is 6.04 Å². The largest absolute Gasteiger partial charge is 0.322 e. The molecule has 68 valence electrons. The van der Waals surface area contributed by atoms with Gasteiger partial charge in [-0.05, 0) is 20.2 Å². The Hall–Kier alpha value is -0.870. The molecule has 0 aliphatic heterocycles. The maximum absolute atomic E-state index is 5.89. The van der Waals surface area contributed by atoms with Crippen LogP contribution in [0.5, 0.6) is 0 Å². The first-order valence-corrected chi connectivity index (χ1v) is 3.99. The second-order valence-electron chi connectivity index (χ2n) is 3.28. The average molecular weight is 168 g/mol. The van der Waals surface area contributed by atoms with Crippen LogP contribution >= 0.6 is 0 Å². The van der Waals surface area contributed by atoms with Gasteiger partial charge in [0.2, 0.25) is 0 Å². The number of hydrogen-bond donors (Lipinski definition) is 1. The summed E-state index contributed by atoms with van der Waals surface area (Å²) >= 11 is 0. The first-order valence-electron chi connectivity index (χ1n) is 3.99. The van der Waals surface area contributed by atoms with Crippen molar-refractivity contribution >= 4 is 0 Å². The summed E-state index contributed by atoms with van der Waals surface area (Å²) in [4.78, 5) is 2.05. The predicted molar refractivity (Wildman–Crippen MR) is 48.7 cm³/mol. The molecule has 1 aromatic heterocycles. The zero-order chi connectivity index (χ0) is 9.14. The van der Waals surface area contributed by atoms with Crippen LogP contribution in [0.4, 0.5) is 0 Å². The summed E-state index contributed by atoms with van der Waals surface area (Å²) in [7, 11) is 5.90. The highest BCUT2D eigenvalue weighted by Gasteiger charge is 2.08. The molecule has 1 aromatic rings. The van der Waals surface area contributed by atoms with Crippen molar-refractivity contribution in [2.24, 2.45) is 12.8 Å². The van der Waals surface area contributed by atoms with Crippen molar-refractivity contribution in [2.75, 3.05) is 20.6 Å². The molecule has 0 radical (unpaired) electrons. The van der Waals surface area contributed by atoms with E-state index in [1.54, 1.807) is 4.68 Å². The van der Waals surface area contributed by atoms with Gasteiger partial charge in [-0.2, -0.15) is 5.10 Å². The summed E-state index contributed by atoms with van der Waals surface area (Å²) in [5, 5.41) is 4.23. The van der Waals surface area contributed by atoms with Crippen molar-refractivity contribution in [3.05, 3.63) is 18.0 Å². The first kappa shape index (κ1) is 9.22. The van der Waals surface area contributed by atoms with Crippen LogP contribution in [-0.4, -0.2) is 35.3 Å². The number of aromatic nitrogens is 2. The molecule has 0 aromatic carbocycles. The highest BCUT2D eigenvalue weighted by atomic mass is 15.3. The van der Waals surface area contributed by atoms with E-state index in [2.05, 4.69) is 10.00 Å². The molecule has 0 amide bonds. The van der Waals surface area contributed by atoms with E-state index >= 15 is 0 Å². The Labute approximate surface area is 73.0 Å². The molecule has 1 unspecified atom stereocenters. The van der Waals surface area contributed by atoms with Crippen LogP contribution in [0.15, 0.2) is 12.3 Å². The number of likely N-dealkylation sites (N-methyl/N-ethyl adjacent to an activating group) is 1. The molecule has 4 heteroatoms. The maximum Gasteiger partial charge on any atom is 0.0804 e. The van der Waals surface area contributed by atoms with Crippen molar-refractivity contribution in [1.82, 2.24) is 14.7 Å². The predicted octanol–water partition coefficient (Wildman–Crippen LogP) is -0.0185. The van der Waals surface area contributed by atoms with E-state index in [0.29, 0.717) is 0 Å². The van der Waals surface area contributed by atoms with Gasteiger partial charge in [0.05, 0.1) is 11.7 Å². The first-order chi connectivity index (χ1) is 5.59. The molecule has 2 N–H and O–H groups in total. The fourth-order valence-electron chi connectivity index (χ4n) is 1.12. The second kappa shape index (κ2) is 3.69. The lowest BCUT2D eigenvalue weighted by molar-refractivity contribution is 0.372. The minimum Gasteiger partial charge on any atom is -0.322 e. The molecule has 0 saturated carbocycles. The summed E-state index contributed by atoms with van der Waals surface area (Å²) in [6.45, 7) is 0.830. The van der Waals surface area contributed by atoms with E-state index in [1.165, 1.54) is 0 Å². The van der Waals surface area contributed by atoms with Gasteiger partial charge in [0, 0.05) is 19.8 Å². The number of nitrogens with two attached hydrogens (primary N) is 1. The molecule has 1 heterocycles. The fourth-order valence-corrected chi connectivity index (χ4v) is 1.12. The zero-order valence-electron chi connectivity index (χ0n) is 7.86. The highest BCUT2D eigenvalue weighted by molar-refractivity contribution is 5.04. The summed E-state index contributed by atoms with van der Waals surface area (Å²) in [5.41, 5.74) is 6.84. The van der Waals surface area contributed by atoms with Crippen LogP contribution < -0.4 is 5.73 Å². The van der Waals surface area contributed by atoms with E-state index in [0.717, 1.165) is 12.2 Å². The SMILES string of the molecule is CN(C)CC(N)c1ccn(C)n1. The van der Waals surface area contributed by atoms with Crippen molar-refractivity contribution in [3.63, 3.8) is 0 Å². The fraction of sp³-hybridized carbons (Fsp3) is 0.625. The third-order valence-electron chi connectivity index (χ3n) is 1.68. The number of nitrogens with zero attached hydrogens (tertiary/aromatic N) is 3. The molecular weight excluding hydrogens is 152 g/mol. The van der Waals surface area contributed by atoms with Gasteiger partial charge in [0.25, 0.3) is 0 Å². The van der Waals surface area contributed by atoms with Crippen molar-refractivity contribution in [3.8, 4) is 0 Å². The van der Waals surface area contributed by atoms with Crippen LogP contribution in [0.1, 0.15) is 11.7 Å². The molecule has 4 nitrogen and oxygen atoms in total. The van der Waals surface area contributed by atoms with Gasteiger partial charge in [-0.15, -0.1) is 0 Å². The van der Waals surface area contributed by atoms with E-state index in [-0.39, 0.29) is 6.04 Å². The van der Waals surface area contributed by atoms with Gasteiger partial charge < -0.3 is 10.6 Å². The number of rotatable bonds is 3. The molecule has 1 atom stereocenters. The van der Waals surface area contributed by atoms with Gasteiger partial charge in [-0.3, -0.25) is 4.68 Å². The van der Waals surface area contributed by atoms with Crippen LogP contribution in [0, 0.1) is 0 Å². The van der Waals surface area contributed by atoms with Crippen LogP contribution in [0.25, 0.3) is 0 Å². The van der Waals surface area contributed by atoms with Gasteiger partial charge in [-0.25, -0.2) is 0 Å². The van der Waals surface area contributed by atoms with Gasteiger partial charge in [-0.1, -0.05) is 0 Å². The normalized spacial score (nSPS) is 13.8. The molecule has 1 rings (SSSR count). The van der Waals surface area contributed by atoms with Crippen LogP contribution in [0.2, 0.25) is 0 Å². The Morgan fingerprint density at radius 2 is 2.33 bits per heavy atom. The smallest absolute Gasteiger partial charge is 0.0804 e. The molecular formula is C8H16N4. The van der Waals surface area contributed by atoms with Crippen LogP contribution in [-0.2, 0) is 7.05 Å². The standard InChI is InChI=1S/C8H16N4/c1-11(2)6-7(9)8-4-5-12(3)10-8/h4-5,7H,6,9H2,1-3H3. The van der Waals surface area contributed by atoms with E-state index < -0.39 is 0 Å². The molecule has 0 aliphatic rings. The lowest BCUT2D eigenvalue weighted by Gasteiger charge is -2.14. The Morgan fingerprint density at radius 1 is 1.67 bits per heavy atom. The topological polar surface area (TPSA) is 47.1 Å². The Balaban J connectivity index is 2.58. The Kier molecular flexibility index (Phi) is 2.83. The van der Waals surface area contributed by atoms with Gasteiger partial charge in [0.15, 0.2) is 0 Å². The monoisotopic (exact) mass is 168 g/mol.